The number of benzene rings is 2. The first-order valence-corrected chi connectivity index (χ1v) is 7.00. The van der Waals surface area contributed by atoms with Gasteiger partial charge >= 0.3 is 5.97 Å². The van der Waals surface area contributed by atoms with Gasteiger partial charge in [0, 0.05) is 12.7 Å². The summed E-state index contributed by atoms with van der Waals surface area (Å²) in [6, 6.07) is 15.7. The lowest BCUT2D eigenvalue weighted by Crippen LogP contribution is -2.24. The van der Waals surface area contributed by atoms with Gasteiger partial charge in [-0.2, -0.15) is 0 Å². The minimum absolute atomic E-state index is 0.218. The Hall–Kier alpha value is -2.46. The van der Waals surface area contributed by atoms with Crippen LogP contribution in [-0.2, 0) is 16.1 Å². The molecule has 2 aromatic carbocycles. The fourth-order valence-corrected chi connectivity index (χ4v) is 2.02. The molecule has 0 aliphatic heterocycles. The average Bonchev–Trinajstić information content (AvgIpc) is 2.55. The summed E-state index contributed by atoms with van der Waals surface area (Å²) in [5.74, 6) is -0.731. The molecule has 0 fully saturated rings. The zero-order valence-corrected chi connectivity index (χ0v) is 12.6. The maximum atomic E-state index is 12.2. The first-order valence-electron chi connectivity index (χ1n) is 7.00. The van der Waals surface area contributed by atoms with Crippen molar-refractivity contribution >= 4 is 11.8 Å². The number of rotatable bonds is 6. The van der Waals surface area contributed by atoms with Gasteiger partial charge in [-0.1, -0.05) is 42.5 Å². The molecule has 0 aromatic heterocycles. The van der Waals surface area contributed by atoms with Crippen LogP contribution in [0.2, 0.25) is 0 Å². The summed E-state index contributed by atoms with van der Waals surface area (Å²) in [6.45, 7) is 2.06. The summed E-state index contributed by atoms with van der Waals surface area (Å²) in [5.41, 5.74) is 1.90. The molecule has 4 nitrogen and oxygen atoms in total. The van der Waals surface area contributed by atoms with E-state index in [0.29, 0.717) is 17.7 Å². The van der Waals surface area contributed by atoms with E-state index in [4.69, 9.17) is 9.47 Å². The second-order valence-electron chi connectivity index (χ2n) is 4.91. The largest absolute Gasteiger partial charge is 0.451 e. The molecular weight excluding hydrogens is 280 g/mol. The third-order valence-corrected chi connectivity index (χ3v) is 3.21. The summed E-state index contributed by atoms with van der Waals surface area (Å²) in [7, 11) is 1.61. The number of methoxy groups -OCH3 is 1. The van der Waals surface area contributed by atoms with Gasteiger partial charge in [0.05, 0.1) is 12.2 Å². The number of Topliss-reactive ketones (excluding diaryl/α,β-unsaturated/α-hetero) is 1. The Morgan fingerprint density at radius 2 is 1.59 bits per heavy atom. The van der Waals surface area contributed by atoms with E-state index in [1.165, 1.54) is 0 Å². The summed E-state index contributed by atoms with van der Waals surface area (Å²) >= 11 is 0. The molecule has 0 spiro atoms. The zero-order chi connectivity index (χ0) is 15.9. The molecule has 0 saturated heterocycles. The van der Waals surface area contributed by atoms with Crippen molar-refractivity contribution in [2.24, 2.45) is 0 Å². The predicted molar refractivity (Wildman–Crippen MR) is 82.8 cm³/mol. The molecule has 22 heavy (non-hydrogen) atoms. The van der Waals surface area contributed by atoms with Crippen LogP contribution in [0, 0.1) is 0 Å². The zero-order valence-electron chi connectivity index (χ0n) is 12.6. The Kier molecular flexibility index (Phi) is 5.44. The standard InChI is InChI=1S/C18H18O4/c1-13(17(19)15-6-4-3-5-7-15)22-18(20)16-10-8-14(9-11-16)12-21-2/h3-11,13H,12H2,1-2H3. The summed E-state index contributed by atoms with van der Waals surface area (Å²) in [6.07, 6.45) is -0.825. The van der Waals surface area contributed by atoms with Crippen LogP contribution in [0.15, 0.2) is 54.6 Å². The van der Waals surface area contributed by atoms with Crippen molar-refractivity contribution < 1.29 is 19.1 Å². The quantitative estimate of drug-likeness (QED) is 0.607. The second kappa shape index (κ2) is 7.52. The lowest BCUT2D eigenvalue weighted by molar-refractivity contribution is 0.0319. The Bertz CT molecular complexity index is 632. The fourth-order valence-electron chi connectivity index (χ4n) is 2.02. The smallest absolute Gasteiger partial charge is 0.338 e. The molecule has 0 aliphatic rings. The molecule has 0 aliphatic carbocycles. The molecule has 2 aromatic rings. The number of ketones is 1. The highest BCUT2D eigenvalue weighted by Crippen LogP contribution is 2.11. The summed E-state index contributed by atoms with van der Waals surface area (Å²) in [4.78, 5) is 24.2. The van der Waals surface area contributed by atoms with Crippen LogP contribution in [0.5, 0.6) is 0 Å². The highest BCUT2D eigenvalue weighted by Gasteiger charge is 2.20. The van der Waals surface area contributed by atoms with Crippen LogP contribution in [0.1, 0.15) is 33.2 Å². The van der Waals surface area contributed by atoms with Gasteiger partial charge in [-0.25, -0.2) is 4.79 Å². The maximum Gasteiger partial charge on any atom is 0.338 e. The monoisotopic (exact) mass is 298 g/mol. The van der Waals surface area contributed by atoms with Crippen LogP contribution in [0.4, 0.5) is 0 Å². The first-order chi connectivity index (χ1) is 10.6. The van der Waals surface area contributed by atoms with Gasteiger partial charge in [0.15, 0.2) is 6.10 Å². The van der Waals surface area contributed by atoms with Gasteiger partial charge in [0.2, 0.25) is 5.78 Å². The first kappa shape index (κ1) is 15.9. The van der Waals surface area contributed by atoms with Crippen LogP contribution in [-0.4, -0.2) is 25.0 Å². The Morgan fingerprint density at radius 3 is 2.18 bits per heavy atom. The van der Waals surface area contributed by atoms with E-state index in [1.807, 2.05) is 6.07 Å². The normalized spacial score (nSPS) is 11.7. The van der Waals surface area contributed by atoms with Crippen molar-refractivity contribution in [3.05, 3.63) is 71.3 Å². The minimum Gasteiger partial charge on any atom is -0.451 e. The minimum atomic E-state index is -0.825. The van der Waals surface area contributed by atoms with Crippen molar-refractivity contribution in [3.63, 3.8) is 0 Å². The van der Waals surface area contributed by atoms with E-state index >= 15 is 0 Å². The van der Waals surface area contributed by atoms with Crippen LogP contribution in [0.25, 0.3) is 0 Å². The molecule has 2 rings (SSSR count). The van der Waals surface area contributed by atoms with Crippen molar-refractivity contribution in [2.75, 3.05) is 7.11 Å². The lowest BCUT2D eigenvalue weighted by Gasteiger charge is -2.12. The van der Waals surface area contributed by atoms with Crippen LogP contribution >= 0.6 is 0 Å². The van der Waals surface area contributed by atoms with Gasteiger partial charge < -0.3 is 9.47 Å². The molecule has 1 atom stereocenters. The maximum absolute atomic E-state index is 12.2. The third-order valence-electron chi connectivity index (χ3n) is 3.21. The van der Waals surface area contributed by atoms with Gasteiger partial charge in [-0.05, 0) is 24.6 Å². The van der Waals surface area contributed by atoms with Gasteiger partial charge in [-0.3, -0.25) is 4.79 Å². The molecule has 0 amide bonds. The molecular formula is C18H18O4. The van der Waals surface area contributed by atoms with Gasteiger partial charge in [0.1, 0.15) is 0 Å². The number of hydrogen-bond acceptors (Lipinski definition) is 4. The van der Waals surface area contributed by atoms with Crippen molar-refractivity contribution in [2.45, 2.75) is 19.6 Å². The Morgan fingerprint density at radius 1 is 0.955 bits per heavy atom. The Labute approximate surface area is 129 Å². The average molecular weight is 298 g/mol. The Balaban J connectivity index is 2.00. The van der Waals surface area contributed by atoms with Gasteiger partial charge in [0.25, 0.3) is 0 Å². The van der Waals surface area contributed by atoms with E-state index in [1.54, 1.807) is 62.6 Å². The summed E-state index contributed by atoms with van der Waals surface area (Å²) < 4.78 is 10.2. The number of ether oxygens (including phenoxy) is 2. The van der Waals surface area contributed by atoms with Gasteiger partial charge in [-0.15, -0.1) is 0 Å². The topological polar surface area (TPSA) is 52.6 Å². The van der Waals surface area contributed by atoms with Crippen LogP contribution in [0.3, 0.4) is 0 Å². The van der Waals surface area contributed by atoms with Crippen LogP contribution < -0.4 is 0 Å². The predicted octanol–water partition coefficient (Wildman–Crippen LogP) is 3.26. The lowest BCUT2D eigenvalue weighted by atomic mass is 10.1. The number of hydrogen-bond donors (Lipinski definition) is 0. The number of carbonyl (C=O) groups excluding carboxylic acids is 2. The third kappa shape index (κ3) is 4.02. The molecule has 0 heterocycles. The number of esters is 1. The molecule has 0 bridgehead atoms. The van der Waals surface area contributed by atoms with E-state index < -0.39 is 12.1 Å². The van der Waals surface area contributed by atoms with Crippen molar-refractivity contribution in [1.82, 2.24) is 0 Å². The fraction of sp³-hybridized carbons (Fsp3) is 0.222. The van der Waals surface area contributed by atoms with E-state index in [-0.39, 0.29) is 5.78 Å². The van der Waals surface area contributed by atoms with E-state index in [2.05, 4.69) is 0 Å². The van der Waals surface area contributed by atoms with E-state index in [9.17, 15) is 9.59 Å². The van der Waals surface area contributed by atoms with E-state index in [0.717, 1.165) is 5.56 Å². The van der Waals surface area contributed by atoms with Crippen molar-refractivity contribution in [3.8, 4) is 0 Å². The molecule has 0 saturated carbocycles. The van der Waals surface area contributed by atoms with Crippen molar-refractivity contribution in [1.29, 1.82) is 0 Å². The molecule has 0 radical (unpaired) electrons. The molecule has 4 heteroatoms. The highest BCUT2D eigenvalue weighted by molar-refractivity contribution is 6.01. The second-order valence-corrected chi connectivity index (χ2v) is 4.91. The number of carbonyl (C=O) groups is 2. The SMILES string of the molecule is COCc1ccc(C(=O)OC(C)C(=O)c2ccccc2)cc1. The highest BCUT2D eigenvalue weighted by atomic mass is 16.5. The molecule has 1 unspecified atom stereocenters. The summed E-state index contributed by atoms with van der Waals surface area (Å²) in [5, 5.41) is 0. The molecule has 114 valence electrons. The molecule has 0 N–H and O–H groups in total.